The van der Waals surface area contributed by atoms with E-state index >= 15 is 0 Å². The third-order valence-electron chi connectivity index (χ3n) is 4.35. The van der Waals surface area contributed by atoms with Crippen molar-refractivity contribution < 1.29 is 22.5 Å². The average Bonchev–Trinajstić information content (AvgIpc) is 3.46. The summed E-state index contributed by atoms with van der Waals surface area (Å²) in [5.41, 5.74) is 0.271. The maximum atomic E-state index is 13.4. The van der Waals surface area contributed by atoms with Crippen molar-refractivity contribution in [3.63, 3.8) is 0 Å². The summed E-state index contributed by atoms with van der Waals surface area (Å²) in [5, 5.41) is 14.4. The van der Waals surface area contributed by atoms with Crippen LogP contribution < -0.4 is 5.32 Å². The molecule has 31 heavy (non-hydrogen) atoms. The van der Waals surface area contributed by atoms with E-state index in [0.29, 0.717) is 17.4 Å². The van der Waals surface area contributed by atoms with Crippen LogP contribution in [0.25, 0.3) is 17.1 Å². The van der Waals surface area contributed by atoms with Crippen molar-refractivity contribution in [3.05, 3.63) is 64.3 Å². The molecule has 0 aliphatic rings. The number of rotatable bonds is 6. The highest BCUT2D eigenvalue weighted by Gasteiger charge is 2.34. The van der Waals surface area contributed by atoms with Crippen LogP contribution >= 0.6 is 11.3 Å². The van der Waals surface area contributed by atoms with Gasteiger partial charge in [0.1, 0.15) is 5.82 Å². The zero-order valence-electron chi connectivity index (χ0n) is 16.2. The fourth-order valence-electron chi connectivity index (χ4n) is 2.96. The number of thiophene rings is 1. The van der Waals surface area contributed by atoms with E-state index in [1.807, 2.05) is 16.8 Å². The van der Waals surface area contributed by atoms with E-state index < -0.39 is 17.6 Å². The fraction of sp³-hybridized carbons (Fsp3) is 0.200. The predicted molar refractivity (Wildman–Crippen MR) is 108 cm³/mol. The molecule has 0 fully saturated rings. The Balaban J connectivity index is 1.48. The molecule has 0 aliphatic carbocycles. The zero-order valence-corrected chi connectivity index (χ0v) is 17.0. The van der Waals surface area contributed by atoms with Gasteiger partial charge in [0.2, 0.25) is 17.6 Å². The number of alkyl halides is 3. The maximum absolute atomic E-state index is 13.4. The number of anilines is 1. The Kier molecular flexibility index (Phi) is 5.59. The van der Waals surface area contributed by atoms with Gasteiger partial charge in [-0.15, -0.1) is 0 Å². The molecule has 0 aliphatic heterocycles. The van der Waals surface area contributed by atoms with Gasteiger partial charge >= 0.3 is 6.18 Å². The molecule has 4 rings (SSSR count). The molecular formula is C20H16F3N5O2S. The lowest BCUT2D eigenvalue weighted by molar-refractivity contribution is -0.137. The van der Waals surface area contributed by atoms with E-state index in [9.17, 15) is 18.0 Å². The standard InChI is InChI=1S/C20H16F3N5O2S/c1-12-10-16(28(26-12)15-5-3-2-4-14(15)20(21,22)23)24-17(29)6-7-18-25-19(27-30-18)13-8-9-31-11-13/h2-5,8-11H,6-7H2,1H3,(H,24,29). The van der Waals surface area contributed by atoms with Gasteiger partial charge in [0, 0.05) is 29.9 Å². The molecule has 0 spiro atoms. The summed E-state index contributed by atoms with van der Waals surface area (Å²) in [6, 6.07) is 8.41. The Morgan fingerprint density at radius 1 is 1.26 bits per heavy atom. The van der Waals surface area contributed by atoms with Gasteiger partial charge in [-0.25, -0.2) is 4.68 Å². The number of halogens is 3. The molecule has 0 atom stereocenters. The highest BCUT2D eigenvalue weighted by Crippen LogP contribution is 2.34. The molecule has 4 aromatic rings. The summed E-state index contributed by atoms with van der Waals surface area (Å²) in [6.07, 6.45) is -4.36. The average molecular weight is 447 g/mol. The van der Waals surface area contributed by atoms with E-state index in [1.165, 1.54) is 35.6 Å². The number of benzene rings is 1. The number of nitrogens with one attached hydrogen (secondary N) is 1. The van der Waals surface area contributed by atoms with Crippen LogP contribution in [-0.4, -0.2) is 25.8 Å². The highest BCUT2D eigenvalue weighted by molar-refractivity contribution is 7.08. The van der Waals surface area contributed by atoms with E-state index in [0.717, 1.165) is 16.3 Å². The van der Waals surface area contributed by atoms with Gasteiger partial charge in [-0.1, -0.05) is 17.3 Å². The first-order valence-corrected chi connectivity index (χ1v) is 10.1. The second-order valence-corrected chi connectivity index (χ2v) is 7.45. The lowest BCUT2D eigenvalue weighted by atomic mass is 10.1. The summed E-state index contributed by atoms with van der Waals surface area (Å²) in [5.74, 6) is 0.460. The lowest BCUT2D eigenvalue weighted by Gasteiger charge is -2.15. The van der Waals surface area contributed by atoms with Gasteiger partial charge < -0.3 is 9.84 Å². The summed E-state index contributed by atoms with van der Waals surface area (Å²) in [7, 11) is 0. The molecule has 160 valence electrons. The Hall–Kier alpha value is -3.47. The highest BCUT2D eigenvalue weighted by atomic mass is 32.1. The van der Waals surface area contributed by atoms with Crippen molar-refractivity contribution in [2.24, 2.45) is 0 Å². The first-order valence-electron chi connectivity index (χ1n) is 9.19. The molecule has 0 unspecified atom stereocenters. The molecule has 1 aromatic carbocycles. The molecule has 3 heterocycles. The van der Waals surface area contributed by atoms with Crippen LogP contribution in [0.1, 0.15) is 23.6 Å². The molecule has 11 heteroatoms. The SMILES string of the molecule is Cc1cc(NC(=O)CCc2nc(-c3ccsc3)no2)n(-c2ccccc2C(F)(F)F)n1. The Morgan fingerprint density at radius 3 is 2.81 bits per heavy atom. The number of aromatic nitrogens is 4. The van der Waals surface area contributed by atoms with E-state index in [2.05, 4.69) is 20.6 Å². The van der Waals surface area contributed by atoms with Gasteiger partial charge in [0.15, 0.2) is 0 Å². The van der Waals surface area contributed by atoms with Gasteiger partial charge in [-0.05, 0) is 30.5 Å². The smallest absolute Gasteiger partial charge is 0.339 e. The van der Waals surface area contributed by atoms with Crippen LogP contribution in [0.15, 0.2) is 51.7 Å². The summed E-state index contributed by atoms with van der Waals surface area (Å²) >= 11 is 1.50. The lowest BCUT2D eigenvalue weighted by Crippen LogP contribution is -2.17. The molecular weight excluding hydrogens is 431 g/mol. The van der Waals surface area contributed by atoms with Crippen molar-refractivity contribution in [1.82, 2.24) is 19.9 Å². The number of amides is 1. The summed E-state index contributed by atoms with van der Waals surface area (Å²) in [4.78, 5) is 16.7. The van der Waals surface area contributed by atoms with Crippen molar-refractivity contribution in [1.29, 1.82) is 0 Å². The third kappa shape index (κ3) is 4.66. The van der Waals surface area contributed by atoms with Crippen molar-refractivity contribution in [2.45, 2.75) is 25.9 Å². The van der Waals surface area contributed by atoms with Crippen LogP contribution in [0.5, 0.6) is 0 Å². The molecule has 0 saturated heterocycles. The molecule has 7 nitrogen and oxygen atoms in total. The second-order valence-electron chi connectivity index (χ2n) is 6.67. The number of carbonyl (C=O) groups excluding carboxylic acids is 1. The van der Waals surface area contributed by atoms with Gasteiger partial charge in [0.05, 0.1) is 16.9 Å². The number of para-hydroxylation sites is 1. The maximum Gasteiger partial charge on any atom is 0.418 e. The fourth-order valence-corrected chi connectivity index (χ4v) is 3.60. The van der Waals surface area contributed by atoms with E-state index in [4.69, 9.17) is 4.52 Å². The first kappa shape index (κ1) is 20.8. The molecule has 1 N–H and O–H groups in total. The first-order chi connectivity index (χ1) is 14.8. The molecule has 1 amide bonds. The molecule has 3 aromatic heterocycles. The number of hydrogen-bond acceptors (Lipinski definition) is 6. The largest absolute Gasteiger partial charge is 0.418 e. The number of carbonyl (C=O) groups is 1. The minimum absolute atomic E-state index is 0.0103. The minimum atomic E-state index is -4.56. The molecule has 0 radical (unpaired) electrons. The topological polar surface area (TPSA) is 85.8 Å². The van der Waals surface area contributed by atoms with Crippen molar-refractivity contribution in [3.8, 4) is 17.1 Å². The molecule has 0 bridgehead atoms. The predicted octanol–water partition coefficient (Wildman–Crippen LogP) is 4.88. The monoisotopic (exact) mass is 447 g/mol. The van der Waals surface area contributed by atoms with Crippen LogP contribution in [0.3, 0.4) is 0 Å². The van der Waals surface area contributed by atoms with Gasteiger partial charge in [-0.3, -0.25) is 4.79 Å². The quantitative estimate of drug-likeness (QED) is 0.455. The van der Waals surface area contributed by atoms with Crippen LogP contribution in [0.4, 0.5) is 19.0 Å². The van der Waals surface area contributed by atoms with Crippen LogP contribution in [0, 0.1) is 6.92 Å². The minimum Gasteiger partial charge on any atom is -0.339 e. The summed E-state index contributed by atoms with van der Waals surface area (Å²) in [6.45, 7) is 1.63. The van der Waals surface area contributed by atoms with Crippen LogP contribution in [0.2, 0.25) is 0 Å². The third-order valence-corrected chi connectivity index (χ3v) is 5.03. The number of aryl methyl sites for hydroxylation is 2. The molecule has 0 saturated carbocycles. The van der Waals surface area contributed by atoms with E-state index in [-0.39, 0.29) is 24.3 Å². The van der Waals surface area contributed by atoms with E-state index in [1.54, 1.807) is 6.92 Å². The number of hydrogen-bond donors (Lipinski definition) is 1. The van der Waals surface area contributed by atoms with Gasteiger partial charge in [0.25, 0.3) is 0 Å². The summed E-state index contributed by atoms with van der Waals surface area (Å²) < 4.78 is 46.4. The van der Waals surface area contributed by atoms with Crippen molar-refractivity contribution >= 4 is 23.1 Å². The van der Waals surface area contributed by atoms with Gasteiger partial charge in [-0.2, -0.15) is 34.6 Å². The Morgan fingerprint density at radius 2 is 2.06 bits per heavy atom. The second kappa shape index (κ2) is 8.34. The Labute approximate surface area is 178 Å². The normalized spacial score (nSPS) is 11.6. The van der Waals surface area contributed by atoms with Crippen molar-refractivity contribution in [2.75, 3.05) is 5.32 Å². The zero-order chi connectivity index (χ0) is 22.0. The number of nitrogens with zero attached hydrogens (tertiary/aromatic N) is 4. The Bertz CT molecular complexity index is 1200. The van der Waals surface area contributed by atoms with Crippen LogP contribution in [-0.2, 0) is 17.4 Å².